The molecule has 0 radical (unpaired) electrons. The van der Waals surface area contributed by atoms with Crippen LogP contribution in [0.1, 0.15) is 5.56 Å². The summed E-state index contributed by atoms with van der Waals surface area (Å²) in [5.74, 6) is -1.89. The van der Waals surface area contributed by atoms with Gasteiger partial charge in [0.05, 0.1) is 0 Å². The van der Waals surface area contributed by atoms with Crippen molar-refractivity contribution in [1.29, 1.82) is 0 Å². The number of nitrogens with one attached hydrogen (secondary N) is 1. The minimum atomic E-state index is -4.37. The summed E-state index contributed by atoms with van der Waals surface area (Å²) in [6.45, 7) is 2.66. The SMILES string of the molecule is O=S(=O)(NCc1ccnc(N2CCN(c3ccc(F)cc3)CC2)c1)c1c(F)cccc1F. The highest BCUT2D eigenvalue weighted by Gasteiger charge is 2.24. The molecule has 0 amide bonds. The summed E-state index contributed by atoms with van der Waals surface area (Å²) in [6.07, 6.45) is 1.56. The van der Waals surface area contributed by atoms with E-state index < -0.39 is 26.6 Å². The molecule has 10 heteroatoms. The Bertz CT molecular complexity index is 1180. The van der Waals surface area contributed by atoms with Gasteiger partial charge in [-0.05, 0) is 54.1 Å². The first-order valence-corrected chi connectivity index (χ1v) is 11.5. The Morgan fingerprint density at radius 1 is 0.875 bits per heavy atom. The standard InChI is InChI=1S/C22H21F3N4O2S/c23-17-4-6-18(7-5-17)28-10-12-29(13-11-28)21-14-16(8-9-26-21)15-27-32(30,31)22-19(24)2-1-3-20(22)25/h1-9,14,27H,10-13,15H2. The van der Waals surface area contributed by atoms with Crippen molar-refractivity contribution >= 4 is 21.5 Å². The van der Waals surface area contributed by atoms with E-state index in [-0.39, 0.29) is 12.4 Å². The zero-order chi connectivity index (χ0) is 22.7. The third-order valence-corrected chi connectivity index (χ3v) is 6.71. The number of hydrogen-bond acceptors (Lipinski definition) is 5. The molecule has 1 aliphatic rings. The van der Waals surface area contributed by atoms with Gasteiger partial charge in [0.25, 0.3) is 0 Å². The number of aromatic nitrogens is 1. The molecular formula is C22H21F3N4O2S. The molecule has 1 saturated heterocycles. The Balaban J connectivity index is 1.40. The molecule has 0 saturated carbocycles. The van der Waals surface area contributed by atoms with E-state index in [4.69, 9.17) is 0 Å². The zero-order valence-electron chi connectivity index (χ0n) is 17.0. The summed E-state index contributed by atoms with van der Waals surface area (Å²) in [5.41, 5.74) is 1.55. The summed E-state index contributed by atoms with van der Waals surface area (Å²) in [6, 6.07) is 12.6. The van der Waals surface area contributed by atoms with Gasteiger partial charge in [-0.3, -0.25) is 0 Å². The van der Waals surface area contributed by atoms with Crippen LogP contribution in [0.2, 0.25) is 0 Å². The van der Waals surface area contributed by atoms with Crippen LogP contribution in [0, 0.1) is 17.5 Å². The molecule has 0 spiro atoms. The first-order valence-electron chi connectivity index (χ1n) is 9.97. The number of hydrogen-bond donors (Lipinski definition) is 1. The molecule has 1 fully saturated rings. The van der Waals surface area contributed by atoms with Crippen LogP contribution < -0.4 is 14.5 Å². The molecule has 1 aliphatic heterocycles. The van der Waals surface area contributed by atoms with E-state index in [9.17, 15) is 21.6 Å². The summed E-state index contributed by atoms with van der Waals surface area (Å²) in [7, 11) is -4.37. The molecule has 3 aromatic rings. The average molecular weight is 462 g/mol. The van der Waals surface area contributed by atoms with Crippen molar-refractivity contribution in [2.45, 2.75) is 11.4 Å². The van der Waals surface area contributed by atoms with Crippen LogP contribution in [0.3, 0.4) is 0 Å². The second-order valence-electron chi connectivity index (χ2n) is 7.35. The molecule has 1 N–H and O–H groups in total. The number of nitrogens with zero attached hydrogens (tertiary/aromatic N) is 3. The van der Waals surface area contributed by atoms with E-state index in [0.717, 1.165) is 37.0 Å². The second kappa shape index (κ2) is 9.17. The number of halogens is 3. The lowest BCUT2D eigenvalue weighted by atomic mass is 10.2. The van der Waals surface area contributed by atoms with Crippen molar-refractivity contribution in [2.75, 3.05) is 36.0 Å². The second-order valence-corrected chi connectivity index (χ2v) is 9.05. The maximum atomic E-state index is 13.9. The lowest BCUT2D eigenvalue weighted by molar-refractivity contribution is 0.514. The molecule has 2 aromatic carbocycles. The van der Waals surface area contributed by atoms with Crippen LogP contribution in [0.5, 0.6) is 0 Å². The monoisotopic (exact) mass is 462 g/mol. The van der Waals surface area contributed by atoms with Crippen LogP contribution in [0.15, 0.2) is 65.7 Å². The number of pyridine rings is 1. The number of benzene rings is 2. The lowest BCUT2D eigenvalue weighted by Gasteiger charge is -2.36. The van der Waals surface area contributed by atoms with Crippen LogP contribution >= 0.6 is 0 Å². The predicted molar refractivity (Wildman–Crippen MR) is 115 cm³/mol. The molecule has 168 valence electrons. The van der Waals surface area contributed by atoms with Crippen molar-refractivity contribution in [3.63, 3.8) is 0 Å². The number of piperazine rings is 1. The zero-order valence-corrected chi connectivity index (χ0v) is 17.8. The maximum absolute atomic E-state index is 13.9. The topological polar surface area (TPSA) is 65.5 Å². The minimum absolute atomic E-state index is 0.138. The van der Waals surface area contributed by atoms with E-state index in [0.29, 0.717) is 24.5 Å². The van der Waals surface area contributed by atoms with Crippen LogP contribution in [0.4, 0.5) is 24.7 Å². The number of rotatable bonds is 6. The van der Waals surface area contributed by atoms with Crippen molar-refractivity contribution in [3.05, 3.63) is 83.8 Å². The first-order chi connectivity index (χ1) is 15.3. The van der Waals surface area contributed by atoms with Gasteiger partial charge in [-0.1, -0.05) is 6.07 Å². The van der Waals surface area contributed by atoms with Crippen LogP contribution in [0.25, 0.3) is 0 Å². The van der Waals surface area contributed by atoms with E-state index in [1.807, 2.05) is 0 Å². The van der Waals surface area contributed by atoms with E-state index in [1.54, 1.807) is 30.5 Å². The molecule has 0 atom stereocenters. The highest BCUT2D eigenvalue weighted by molar-refractivity contribution is 7.89. The predicted octanol–water partition coefficient (Wildman–Crippen LogP) is 3.30. The van der Waals surface area contributed by atoms with Gasteiger partial charge in [0.2, 0.25) is 10.0 Å². The molecule has 0 unspecified atom stereocenters. The lowest BCUT2D eigenvalue weighted by Crippen LogP contribution is -2.46. The minimum Gasteiger partial charge on any atom is -0.368 e. The smallest absolute Gasteiger partial charge is 0.246 e. The fourth-order valence-corrected chi connectivity index (χ4v) is 4.73. The summed E-state index contributed by atoms with van der Waals surface area (Å²) in [5, 5.41) is 0. The van der Waals surface area contributed by atoms with E-state index >= 15 is 0 Å². The Morgan fingerprint density at radius 3 is 2.16 bits per heavy atom. The Labute approximate surface area is 184 Å². The molecule has 1 aromatic heterocycles. The third kappa shape index (κ3) is 4.86. The molecule has 6 nitrogen and oxygen atoms in total. The third-order valence-electron chi connectivity index (χ3n) is 5.26. The van der Waals surface area contributed by atoms with E-state index in [2.05, 4.69) is 19.5 Å². The summed E-state index contributed by atoms with van der Waals surface area (Å²) in [4.78, 5) is 7.58. The van der Waals surface area contributed by atoms with Gasteiger partial charge in [0.1, 0.15) is 23.3 Å². The largest absolute Gasteiger partial charge is 0.368 e. The van der Waals surface area contributed by atoms with Gasteiger partial charge in [-0.2, -0.15) is 0 Å². The van der Waals surface area contributed by atoms with Gasteiger partial charge < -0.3 is 9.80 Å². The van der Waals surface area contributed by atoms with Crippen molar-refractivity contribution in [1.82, 2.24) is 9.71 Å². The van der Waals surface area contributed by atoms with Crippen LogP contribution in [-0.2, 0) is 16.6 Å². The Hall–Kier alpha value is -3.11. The van der Waals surface area contributed by atoms with Gasteiger partial charge >= 0.3 is 0 Å². The highest BCUT2D eigenvalue weighted by Crippen LogP contribution is 2.21. The Morgan fingerprint density at radius 2 is 1.50 bits per heavy atom. The average Bonchev–Trinajstić information content (AvgIpc) is 2.78. The van der Waals surface area contributed by atoms with Gasteiger partial charge in [0, 0.05) is 44.6 Å². The van der Waals surface area contributed by atoms with Gasteiger partial charge in [-0.25, -0.2) is 31.3 Å². The molecule has 2 heterocycles. The molecule has 32 heavy (non-hydrogen) atoms. The molecular weight excluding hydrogens is 441 g/mol. The maximum Gasteiger partial charge on any atom is 0.246 e. The summed E-state index contributed by atoms with van der Waals surface area (Å²) >= 11 is 0. The van der Waals surface area contributed by atoms with Gasteiger partial charge in [-0.15, -0.1) is 0 Å². The first kappa shape index (κ1) is 22.1. The molecule has 4 rings (SSSR count). The van der Waals surface area contributed by atoms with Crippen molar-refractivity contribution in [3.8, 4) is 0 Å². The number of sulfonamides is 1. The van der Waals surface area contributed by atoms with Gasteiger partial charge in [0.15, 0.2) is 4.90 Å². The normalized spacial score (nSPS) is 14.6. The molecule has 0 aliphatic carbocycles. The summed E-state index contributed by atoms with van der Waals surface area (Å²) < 4.78 is 67.8. The van der Waals surface area contributed by atoms with E-state index in [1.165, 1.54) is 12.1 Å². The fourth-order valence-electron chi connectivity index (χ4n) is 3.58. The fraction of sp³-hybridized carbons (Fsp3) is 0.227. The number of anilines is 2. The van der Waals surface area contributed by atoms with Crippen molar-refractivity contribution in [2.24, 2.45) is 0 Å². The highest BCUT2D eigenvalue weighted by atomic mass is 32.2. The Kier molecular flexibility index (Phi) is 6.33. The van der Waals surface area contributed by atoms with Crippen molar-refractivity contribution < 1.29 is 21.6 Å². The molecule has 0 bridgehead atoms. The quantitative estimate of drug-likeness (QED) is 0.609. The van der Waals surface area contributed by atoms with Crippen LogP contribution in [-0.4, -0.2) is 39.6 Å².